The topological polar surface area (TPSA) is 56.7 Å². The summed E-state index contributed by atoms with van der Waals surface area (Å²) in [5.74, 6) is 0.569. The molecule has 0 unspecified atom stereocenters. The normalized spacial score (nSPS) is 11.5. The highest BCUT2D eigenvalue weighted by Crippen LogP contribution is 2.29. The Morgan fingerprint density at radius 3 is 2.53 bits per heavy atom. The van der Waals surface area contributed by atoms with Crippen LogP contribution >= 0.6 is 0 Å². The van der Waals surface area contributed by atoms with Crippen LogP contribution < -0.4 is 5.73 Å². The number of aryl methyl sites for hydroxylation is 1. The number of nitrogen functional groups attached to an aromatic ring is 1. The molecule has 0 amide bonds. The van der Waals surface area contributed by atoms with E-state index in [4.69, 9.17) is 5.73 Å². The molecular weight excluding hydrogens is 188 g/mol. The first-order chi connectivity index (χ1) is 7.04. The molecule has 80 valence electrons. The van der Waals surface area contributed by atoms with Crippen LogP contribution in [0.2, 0.25) is 0 Å². The lowest BCUT2D eigenvalue weighted by atomic mass is 10.2. The van der Waals surface area contributed by atoms with Crippen molar-refractivity contribution in [3.05, 3.63) is 17.6 Å². The third kappa shape index (κ3) is 1.28. The molecule has 0 radical (unpaired) electrons. The molecule has 15 heavy (non-hydrogen) atoms. The monoisotopic (exact) mass is 204 g/mol. The van der Waals surface area contributed by atoms with Crippen LogP contribution in [-0.4, -0.2) is 14.5 Å². The molecule has 0 aliphatic heterocycles. The lowest BCUT2D eigenvalue weighted by Crippen LogP contribution is -2.04. The lowest BCUT2D eigenvalue weighted by molar-refractivity contribution is 0.601. The standard InChI is InChI=1S/C11H16N4/c1-6(2)15-8(4)7(3)9-10(12)13-5-14-11(9)15/h5-6H,1-4H3,(H2,12,13,14). The van der Waals surface area contributed by atoms with Crippen LogP contribution in [0.25, 0.3) is 11.0 Å². The lowest BCUT2D eigenvalue weighted by Gasteiger charge is -2.11. The van der Waals surface area contributed by atoms with Crippen LogP contribution in [0.3, 0.4) is 0 Å². The number of nitrogens with zero attached hydrogens (tertiary/aromatic N) is 3. The van der Waals surface area contributed by atoms with E-state index in [0.717, 1.165) is 11.0 Å². The van der Waals surface area contributed by atoms with E-state index in [1.807, 2.05) is 0 Å². The maximum atomic E-state index is 5.87. The largest absolute Gasteiger partial charge is 0.383 e. The fourth-order valence-electron chi connectivity index (χ4n) is 2.08. The van der Waals surface area contributed by atoms with Gasteiger partial charge in [0.2, 0.25) is 0 Å². The first-order valence-electron chi connectivity index (χ1n) is 5.11. The molecule has 0 bridgehead atoms. The number of hydrogen-bond acceptors (Lipinski definition) is 3. The van der Waals surface area contributed by atoms with Crippen LogP contribution in [0.1, 0.15) is 31.1 Å². The molecule has 0 fully saturated rings. The molecule has 0 aliphatic carbocycles. The predicted molar refractivity (Wildman–Crippen MR) is 61.8 cm³/mol. The van der Waals surface area contributed by atoms with Crippen LogP contribution in [0.15, 0.2) is 6.33 Å². The van der Waals surface area contributed by atoms with Crippen molar-refractivity contribution in [1.29, 1.82) is 0 Å². The molecular formula is C11H16N4. The molecule has 0 saturated heterocycles. The fraction of sp³-hybridized carbons (Fsp3) is 0.455. The zero-order valence-electron chi connectivity index (χ0n) is 9.57. The van der Waals surface area contributed by atoms with E-state index in [2.05, 4.69) is 42.2 Å². The summed E-state index contributed by atoms with van der Waals surface area (Å²) in [5.41, 5.74) is 9.21. The number of aromatic nitrogens is 3. The molecule has 0 aromatic carbocycles. The third-order valence-electron chi connectivity index (χ3n) is 2.88. The Morgan fingerprint density at radius 2 is 1.93 bits per heavy atom. The Labute approximate surface area is 89.1 Å². The minimum absolute atomic E-state index is 0.385. The van der Waals surface area contributed by atoms with Gasteiger partial charge in [0.05, 0.1) is 5.39 Å². The van der Waals surface area contributed by atoms with Crippen LogP contribution in [0.5, 0.6) is 0 Å². The van der Waals surface area contributed by atoms with Gasteiger partial charge in [-0.3, -0.25) is 0 Å². The Balaban J connectivity index is 2.94. The first kappa shape index (κ1) is 9.96. The van der Waals surface area contributed by atoms with Gasteiger partial charge < -0.3 is 10.3 Å². The van der Waals surface area contributed by atoms with Gasteiger partial charge in [0, 0.05) is 11.7 Å². The van der Waals surface area contributed by atoms with E-state index in [1.54, 1.807) is 0 Å². The summed E-state index contributed by atoms with van der Waals surface area (Å²) < 4.78 is 2.20. The molecule has 0 spiro atoms. The summed E-state index contributed by atoms with van der Waals surface area (Å²) in [7, 11) is 0. The highest BCUT2D eigenvalue weighted by atomic mass is 15.1. The van der Waals surface area contributed by atoms with E-state index < -0.39 is 0 Å². The highest BCUT2D eigenvalue weighted by molar-refractivity contribution is 5.90. The summed E-state index contributed by atoms with van der Waals surface area (Å²) in [6.07, 6.45) is 1.52. The van der Waals surface area contributed by atoms with Gasteiger partial charge in [0.25, 0.3) is 0 Å². The molecule has 0 aliphatic rings. The van der Waals surface area contributed by atoms with Gasteiger partial charge in [-0.05, 0) is 33.3 Å². The van der Waals surface area contributed by atoms with Crippen molar-refractivity contribution < 1.29 is 0 Å². The van der Waals surface area contributed by atoms with Gasteiger partial charge in [0.1, 0.15) is 17.8 Å². The molecule has 2 aromatic rings. The van der Waals surface area contributed by atoms with Crippen LogP contribution in [0.4, 0.5) is 5.82 Å². The molecule has 2 heterocycles. The Kier molecular flexibility index (Phi) is 2.14. The summed E-state index contributed by atoms with van der Waals surface area (Å²) in [5, 5.41) is 0.990. The van der Waals surface area contributed by atoms with Gasteiger partial charge in [-0.25, -0.2) is 9.97 Å². The quantitative estimate of drug-likeness (QED) is 0.774. The summed E-state index contributed by atoms with van der Waals surface area (Å²) in [4.78, 5) is 8.35. The number of fused-ring (bicyclic) bond motifs is 1. The van der Waals surface area contributed by atoms with Crippen molar-refractivity contribution in [2.75, 3.05) is 5.73 Å². The second-order valence-electron chi connectivity index (χ2n) is 4.13. The number of hydrogen-bond donors (Lipinski definition) is 1. The van der Waals surface area contributed by atoms with E-state index in [1.165, 1.54) is 17.6 Å². The molecule has 2 aromatic heterocycles. The SMILES string of the molecule is Cc1c(C)n(C(C)C)c2ncnc(N)c12. The smallest absolute Gasteiger partial charge is 0.146 e. The van der Waals surface area contributed by atoms with Crippen molar-refractivity contribution >= 4 is 16.9 Å². The van der Waals surface area contributed by atoms with E-state index in [-0.39, 0.29) is 0 Å². The summed E-state index contributed by atoms with van der Waals surface area (Å²) in [6.45, 7) is 8.45. The Bertz CT molecular complexity index is 511. The van der Waals surface area contributed by atoms with Gasteiger partial charge >= 0.3 is 0 Å². The minimum Gasteiger partial charge on any atom is -0.383 e. The molecule has 2 N–H and O–H groups in total. The van der Waals surface area contributed by atoms with Crippen molar-refractivity contribution in [2.45, 2.75) is 33.7 Å². The average molecular weight is 204 g/mol. The second kappa shape index (κ2) is 3.22. The Hall–Kier alpha value is -1.58. The van der Waals surface area contributed by atoms with E-state index >= 15 is 0 Å². The van der Waals surface area contributed by atoms with E-state index in [0.29, 0.717) is 11.9 Å². The minimum atomic E-state index is 0.385. The van der Waals surface area contributed by atoms with Gasteiger partial charge in [-0.15, -0.1) is 0 Å². The predicted octanol–water partition coefficient (Wildman–Crippen LogP) is 2.21. The maximum absolute atomic E-state index is 5.87. The second-order valence-corrected chi connectivity index (χ2v) is 4.13. The average Bonchev–Trinajstić information content (AvgIpc) is 2.41. The van der Waals surface area contributed by atoms with Crippen molar-refractivity contribution in [1.82, 2.24) is 14.5 Å². The fourth-order valence-corrected chi connectivity index (χ4v) is 2.08. The van der Waals surface area contributed by atoms with Gasteiger partial charge in [-0.1, -0.05) is 0 Å². The molecule has 4 nitrogen and oxygen atoms in total. The molecule has 4 heteroatoms. The Morgan fingerprint density at radius 1 is 1.27 bits per heavy atom. The maximum Gasteiger partial charge on any atom is 0.146 e. The zero-order chi connectivity index (χ0) is 11.2. The van der Waals surface area contributed by atoms with Gasteiger partial charge in [-0.2, -0.15) is 0 Å². The zero-order valence-corrected chi connectivity index (χ0v) is 9.57. The number of nitrogens with two attached hydrogens (primary N) is 1. The van der Waals surface area contributed by atoms with Gasteiger partial charge in [0.15, 0.2) is 0 Å². The third-order valence-corrected chi connectivity index (χ3v) is 2.88. The van der Waals surface area contributed by atoms with Crippen LogP contribution in [0, 0.1) is 13.8 Å². The number of rotatable bonds is 1. The first-order valence-corrected chi connectivity index (χ1v) is 5.11. The van der Waals surface area contributed by atoms with E-state index in [9.17, 15) is 0 Å². The van der Waals surface area contributed by atoms with Crippen LogP contribution in [-0.2, 0) is 0 Å². The van der Waals surface area contributed by atoms with Crippen molar-refractivity contribution in [2.24, 2.45) is 0 Å². The highest BCUT2D eigenvalue weighted by Gasteiger charge is 2.16. The molecule has 2 rings (SSSR count). The molecule has 0 saturated carbocycles. The molecule has 0 atom stereocenters. The van der Waals surface area contributed by atoms with Crippen molar-refractivity contribution in [3.63, 3.8) is 0 Å². The number of anilines is 1. The summed E-state index contributed by atoms with van der Waals surface area (Å²) in [6, 6.07) is 0.385. The summed E-state index contributed by atoms with van der Waals surface area (Å²) >= 11 is 0. The van der Waals surface area contributed by atoms with Crippen molar-refractivity contribution in [3.8, 4) is 0 Å².